The smallest absolute Gasteiger partial charge is 0.121 e. The van der Waals surface area contributed by atoms with Gasteiger partial charge in [0.15, 0.2) is 0 Å². The molecule has 0 amide bonds. The quantitative estimate of drug-likeness (QED) is 0.183. The first kappa shape index (κ1) is 27.4. The molecule has 0 atom stereocenters. The summed E-state index contributed by atoms with van der Waals surface area (Å²) in [6.45, 7) is 0. The number of pyridine rings is 2. The van der Waals surface area contributed by atoms with Crippen LogP contribution in [0.5, 0.6) is 0 Å². The van der Waals surface area contributed by atoms with Gasteiger partial charge in [-0.15, -0.1) is 10.2 Å². The van der Waals surface area contributed by atoms with Crippen molar-refractivity contribution in [2.45, 2.75) is 0 Å². The van der Waals surface area contributed by atoms with Crippen LogP contribution in [0.15, 0.2) is 164 Å². The Morgan fingerprint density at radius 2 is 1.10 bits per heavy atom. The Morgan fingerprint density at radius 3 is 1.86 bits per heavy atom. The highest BCUT2D eigenvalue weighted by molar-refractivity contribution is 6.25. The van der Waals surface area contributed by atoms with Crippen molar-refractivity contribution >= 4 is 54.3 Å². The molecule has 0 saturated heterocycles. The molecule has 0 aliphatic carbocycles. The van der Waals surface area contributed by atoms with Crippen LogP contribution < -0.4 is 0 Å². The number of rotatable bonds is 4. The van der Waals surface area contributed by atoms with Crippen molar-refractivity contribution < 1.29 is 0 Å². The number of hydrogen-bond donors (Lipinski definition) is 0. The highest BCUT2D eigenvalue weighted by Gasteiger charge is 2.20. The van der Waals surface area contributed by atoms with Crippen LogP contribution in [0.4, 0.5) is 0 Å². The van der Waals surface area contributed by atoms with E-state index in [0.29, 0.717) is 0 Å². The van der Waals surface area contributed by atoms with E-state index in [0.717, 1.165) is 60.6 Å². The maximum absolute atomic E-state index is 5.09. The molecular weight excluding hydrogens is 599 g/mol. The second kappa shape index (κ2) is 10.9. The van der Waals surface area contributed by atoms with Crippen LogP contribution >= 0.6 is 0 Å². The molecule has 0 aliphatic heterocycles. The van der Waals surface area contributed by atoms with Crippen LogP contribution in [0, 0.1) is 0 Å². The van der Waals surface area contributed by atoms with Crippen molar-refractivity contribution in [3.63, 3.8) is 0 Å². The highest BCUT2D eigenvalue weighted by Crippen LogP contribution is 2.46. The van der Waals surface area contributed by atoms with Gasteiger partial charge >= 0.3 is 0 Å². The summed E-state index contributed by atoms with van der Waals surface area (Å²) in [5.74, 6) is 0. The first-order valence-electron chi connectivity index (χ1n) is 16.4. The minimum atomic E-state index is 0.844. The maximum Gasteiger partial charge on any atom is 0.121 e. The molecule has 0 N–H and O–H groups in total. The van der Waals surface area contributed by atoms with Crippen molar-refractivity contribution in [3.05, 3.63) is 164 Å². The average molecular weight is 626 g/mol. The SMILES string of the molecule is c1cncc(-c2cccc(-n3nc4cc(-c5c6ccccc6c(-c6cnc7ccccc7c6)c6ccccc56)c5ccccc5c4n3)c2)c1. The van der Waals surface area contributed by atoms with E-state index in [1.807, 2.05) is 36.7 Å². The summed E-state index contributed by atoms with van der Waals surface area (Å²) in [7, 11) is 0. The average Bonchev–Trinajstić information content (AvgIpc) is 3.62. The Kier molecular flexibility index (Phi) is 6.11. The van der Waals surface area contributed by atoms with Crippen LogP contribution in [0.2, 0.25) is 0 Å². The molecule has 7 aromatic carbocycles. The summed E-state index contributed by atoms with van der Waals surface area (Å²) < 4.78 is 0. The zero-order chi connectivity index (χ0) is 32.3. The summed E-state index contributed by atoms with van der Waals surface area (Å²) >= 11 is 0. The summed E-state index contributed by atoms with van der Waals surface area (Å²) in [6, 6.07) is 51.1. The fraction of sp³-hybridized carbons (Fsp3) is 0. The van der Waals surface area contributed by atoms with Gasteiger partial charge < -0.3 is 0 Å². The number of aromatic nitrogens is 5. The predicted octanol–water partition coefficient (Wildman–Crippen LogP) is 10.8. The molecule has 228 valence electrons. The third kappa shape index (κ3) is 4.40. The fourth-order valence-electron chi connectivity index (χ4n) is 7.35. The molecule has 0 aliphatic rings. The molecule has 0 radical (unpaired) electrons. The molecule has 0 spiro atoms. The van der Waals surface area contributed by atoms with Crippen molar-refractivity contribution in [1.29, 1.82) is 0 Å². The second-order valence-corrected chi connectivity index (χ2v) is 12.4. The van der Waals surface area contributed by atoms with Crippen LogP contribution in [-0.2, 0) is 0 Å². The minimum absolute atomic E-state index is 0.844. The lowest BCUT2D eigenvalue weighted by Gasteiger charge is -2.19. The molecule has 0 bridgehead atoms. The van der Waals surface area contributed by atoms with Crippen molar-refractivity contribution in [1.82, 2.24) is 25.0 Å². The summed E-state index contributed by atoms with van der Waals surface area (Å²) in [6.07, 6.45) is 5.68. The minimum Gasteiger partial charge on any atom is -0.264 e. The topological polar surface area (TPSA) is 56.5 Å². The van der Waals surface area contributed by atoms with Gasteiger partial charge in [0.05, 0.1) is 11.2 Å². The van der Waals surface area contributed by atoms with E-state index < -0.39 is 0 Å². The first-order chi connectivity index (χ1) is 24.3. The van der Waals surface area contributed by atoms with Crippen LogP contribution in [-0.4, -0.2) is 25.0 Å². The molecule has 5 heteroatoms. The third-order valence-corrected chi connectivity index (χ3v) is 9.55. The third-order valence-electron chi connectivity index (χ3n) is 9.55. The predicted molar refractivity (Wildman–Crippen MR) is 201 cm³/mol. The molecule has 10 rings (SSSR count). The van der Waals surface area contributed by atoms with Crippen molar-refractivity contribution in [3.8, 4) is 39.1 Å². The van der Waals surface area contributed by atoms with Crippen molar-refractivity contribution in [2.24, 2.45) is 0 Å². The van der Waals surface area contributed by atoms with Gasteiger partial charge in [0, 0.05) is 40.5 Å². The molecule has 3 heterocycles. The van der Waals surface area contributed by atoms with Gasteiger partial charge in [0.25, 0.3) is 0 Å². The van der Waals surface area contributed by atoms with Gasteiger partial charge in [-0.1, -0.05) is 109 Å². The van der Waals surface area contributed by atoms with Gasteiger partial charge in [-0.05, 0) is 85.6 Å². The molecule has 0 unspecified atom stereocenters. The first-order valence-corrected chi connectivity index (χ1v) is 16.4. The van der Waals surface area contributed by atoms with E-state index in [-0.39, 0.29) is 0 Å². The standard InChI is InChI=1S/C44H27N5/c1-8-21-40-29(11-1)23-31(27-46-40)42-34-16-3-5-18-36(34)43(37-19-6-4-17-35(37)42)39-25-41-44(38-20-7-2-15-33(38)39)48-49(47-41)32-14-9-12-28(24-32)30-13-10-22-45-26-30/h1-27H. The zero-order valence-electron chi connectivity index (χ0n) is 26.3. The molecular formula is C44H27N5. The Morgan fingerprint density at radius 1 is 0.429 bits per heavy atom. The molecule has 49 heavy (non-hydrogen) atoms. The summed E-state index contributed by atoms with van der Waals surface area (Å²) in [4.78, 5) is 10.9. The highest BCUT2D eigenvalue weighted by atomic mass is 15.5. The Labute approximate surface area is 281 Å². The number of hydrogen-bond acceptors (Lipinski definition) is 4. The Bertz CT molecular complexity index is 2830. The molecule has 3 aromatic heterocycles. The summed E-state index contributed by atoms with van der Waals surface area (Å²) in [5, 5.41) is 18.2. The Hall–Kier alpha value is -6.72. The zero-order valence-corrected chi connectivity index (χ0v) is 26.3. The maximum atomic E-state index is 5.09. The van der Waals surface area contributed by atoms with Gasteiger partial charge in [-0.3, -0.25) is 9.97 Å². The Balaban J connectivity index is 1.24. The lowest BCUT2D eigenvalue weighted by molar-refractivity contribution is 0.766. The second-order valence-electron chi connectivity index (χ2n) is 12.4. The number of para-hydroxylation sites is 1. The summed E-state index contributed by atoms with van der Waals surface area (Å²) in [5.41, 5.74) is 10.3. The number of benzene rings is 7. The normalized spacial score (nSPS) is 11.7. The van der Waals surface area contributed by atoms with Crippen LogP contribution in [0.1, 0.15) is 0 Å². The van der Waals surface area contributed by atoms with Gasteiger partial charge in [0.2, 0.25) is 0 Å². The van der Waals surface area contributed by atoms with E-state index in [1.165, 1.54) is 32.7 Å². The number of fused-ring (bicyclic) bond motifs is 6. The van der Waals surface area contributed by atoms with E-state index in [2.05, 4.69) is 126 Å². The van der Waals surface area contributed by atoms with E-state index >= 15 is 0 Å². The van der Waals surface area contributed by atoms with Crippen LogP contribution in [0.25, 0.3) is 93.3 Å². The van der Waals surface area contributed by atoms with Crippen molar-refractivity contribution in [2.75, 3.05) is 0 Å². The van der Waals surface area contributed by atoms with Crippen LogP contribution in [0.3, 0.4) is 0 Å². The monoisotopic (exact) mass is 625 g/mol. The lowest BCUT2D eigenvalue weighted by Crippen LogP contribution is -1.98. The van der Waals surface area contributed by atoms with E-state index in [9.17, 15) is 0 Å². The van der Waals surface area contributed by atoms with E-state index in [4.69, 9.17) is 15.2 Å². The molecule has 0 fully saturated rings. The van der Waals surface area contributed by atoms with Gasteiger partial charge in [0.1, 0.15) is 11.0 Å². The lowest BCUT2D eigenvalue weighted by atomic mass is 9.84. The molecule has 0 saturated carbocycles. The molecule has 5 nitrogen and oxygen atoms in total. The fourth-order valence-corrected chi connectivity index (χ4v) is 7.35. The number of nitrogens with zero attached hydrogens (tertiary/aromatic N) is 5. The van der Waals surface area contributed by atoms with Gasteiger partial charge in [-0.25, -0.2) is 0 Å². The molecule has 10 aromatic rings. The largest absolute Gasteiger partial charge is 0.264 e. The van der Waals surface area contributed by atoms with E-state index in [1.54, 1.807) is 11.0 Å². The van der Waals surface area contributed by atoms with Gasteiger partial charge in [-0.2, -0.15) is 4.80 Å².